The Hall–Kier alpha value is -1.77. The first-order chi connectivity index (χ1) is 11.1. The van der Waals surface area contributed by atoms with Crippen LogP contribution in [-0.4, -0.2) is 7.11 Å². The Kier molecular flexibility index (Phi) is 4.74. The lowest BCUT2D eigenvalue weighted by Gasteiger charge is -2.22. The van der Waals surface area contributed by atoms with Crippen LogP contribution in [0.1, 0.15) is 24.0 Å². The number of ether oxygens (including phenoxy) is 1. The van der Waals surface area contributed by atoms with Gasteiger partial charge in [-0.25, -0.2) is 4.39 Å². The first kappa shape index (κ1) is 16.1. The number of hydrogen-bond acceptors (Lipinski definition) is 1. The SMILES string of the molecule is COC1=CCCC(c2ccc(F)cc2Cl)=C1c1ccc(Cl)cc1. The Balaban J connectivity index is 2.22. The fraction of sp³-hybridized carbons (Fsp3) is 0.158. The molecule has 0 saturated carbocycles. The van der Waals surface area contributed by atoms with Crippen LogP contribution in [0.15, 0.2) is 54.3 Å². The van der Waals surface area contributed by atoms with Crippen molar-refractivity contribution in [3.63, 3.8) is 0 Å². The maximum absolute atomic E-state index is 13.4. The molecule has 2 aromatic carbocycles. The van der Waals surface area contributed by atoms with Crippen LogP contribution in [0.25, 0.3) is 11.1 Å². The molecule has 0 aliphatic heterocycles. The summed E-state index contributed by atoms with van der Waals surface area (Å²) in [4.78, 5) is 0. The summed E-state index contributed by atoms with van der Waals surface area (Å²) in [5.41, 5.74) is 3.86. The molecule has 118 valence electrons. The number of hydrogen-bond donors (Lipinski definition) is 0. The molecule has 0 saturated heterocycles. The molecule has 0 atom stereocenters. The lowest BCUT2D eigenvalue weighted by Crippen LogP contribution is -2.03. The summed E-state index contributed by atoms with van der Waals surface area (Å²) in [6, 6.07) is 12.1. The molecule has 0 amide bonds. The third-order valence-electron chi connectivity index (χ3n) is 3.88. The molecule has 1 aliphatic rings. The molecule has 1 aliphatic carbocycles. The van der Waals surface area contributed by atoms with Crippen molar-refractivity contribution >= 4 is 34.3 Å². The maximum atomic E-state index is 13.4. The van der Waals surface area contributed by atoms with Crippen LogP contribution >= 0.6 is 23.2 Å². The van der Waals surface area contributed by atoms with Gasteiger partial charge >= 0.3 is 0 Å². The van der Waals surface area contributed by atoms with Crippen LogP contribution in [0.2, 0.25) is 10.0 Å². The summed E-state index contributed by atoms with van der Waals surface area (Å²) in [6.45, 7) is 0. The fourth-order valence-corrected chi connectivity index (χ4v) is 3.25. The van der Waals surface area contributed by atoms with Crippen molar-refractivity contribution in [2.24, 2.45) is 0 Å². The predicted molar refractivity (Wildman–Crippen MR) is 94.0 cm³/mol. The van der Waals surface area contributed by atoms with E-state index in [1.807, 2.05) is 24.3 Å². The van der Waals surface area contributed by atoms with E-state index in [0.717, 1.165) is 40.9 Å². The van der Waals surface area contributed by atoms with Crippen LogP contribution in [-0.2, 0) is 4.74 Å². The van der Waals surface area contributed by atoms with Crippen molar-refractivity contribution in [1.82, 2.24) is 0 Å². The summed E-state index contributed by atoms with van der Waals surface area (Å²) in [5, 5.41) is 1.08. The van der Waals surface area contributed by atoms with E-state index in [4.69, 9.17) is 27.9 Å². The topological polar surface area (TPSA) is 9.23 Å². The van der Waals surface area contributed by atoms with Crippen molar-refractivity contribution in [3.05, 3.63) is 81.3 Å². The zero-order chi connectivity index (χ0) is 16.4. The highest BCUT2D eigenvalue weighted by Gasteiger charge is 2.21. The van der Waals surface area contributed by atoms with Gasteiger partial charge < -0.3 is 4.74 Å². The van der Waals surface area contributed by atoms with E-state index in [0.29, 0.717) is 10.0 Å². The molecule has 1 nitrogen and oxygen atoms in total. The van der Waals surface area contributed by atoms with Gasteiger partial charge in [0.2, 0.25) is 0 Å². The Morgan fingerprint density at radius 3 is 2.43 bits per heavy atom. The molecule has 23 heavy (non-hydrogen) atoms. The van der Waals surface area contributed by atoms with Crippen LogP contribution in [0.5, 0.6) is 0 Å². The molecular formula is C19H15Cl2FO. The summed E-state index contributed by atoms with van der Waals surface area (Å²) < 4.78 is 18.9. The number of halogens is 3. The molecular weight excluding hydrogens is 334 g/mol. The van der Waals surface area contributed by atoms with Crippen LogP contribution in [0.4, 0.5) is 4.39 Å². The van der Waals surface area contributed by atoms with Gasteiger partial charge in [0, 0.05) is 10.6 Å². The first-order valence-corrected chi connectivity index (χ1v) is 8.05. The molecule has 2 aromatic rings. The van der Waals surface area contributed by atoms with Crippen molar-refractivity contribution < 1.29 is 9.13 Å². The van der Waals surface area contributed by atoms with Crippen molar-refractivity contribution in [3.8, 4) is 0 Å². The van der Waals surface area contributed by atoms with E-state index >= 15 is 0 Å². The lowest BCUT2D eigenvalue weighted by molar-refractivity contribution is 0.308. The fourth-order valence-electron chi connectivity index (χ4n) is 2.85. The highest BCUT2D eigenvalue weighted by atomic mass is 35.5. The smallest absolute Gasteiger partial charge is 0.124 e. The molecule has 3 rings (SSSR count). The molecule has 0 unspecified atom stereocenters. The van der Waals surface area contributed by atoms with E-state index in [1.165, 1.54) is 12.1 Å². The van der Waals surface area contributed by atoms with E-state index in [9.17, 15) is 4.39 Å². The molecule has 0 radical (unpaired) electrons. The highest BCUT2D eigenvalue weighted by Crippen LogP contribution is 2.41. The molecule has 0 fully saturated rings. The maximum Gasteiger partial charge on any atom is 0.124 e. The highest BCUT2D eigenvalue weighted by molar-refractivity contribution is 6.33. The van der Waals surface area contributed by atoms with Gasteiger partial charge in [-0.2, -0.15) is 0 Å². The van der Waals surface area contributed by atoms with E-state index < -0.39 is 0 Å². The summed E-state index contributed by atoms with van der Waals surface area (Å²) in [7, 11) is 1.65. The second-order valence-electron chi connectivity index (χ2n) is 5.30. The van der Waals surface area contributed by atoms with Crippen molar-refractivity contribution in [2.45, 2.75) is 12.8 Å². The van der Waals surface area contributed by atoms with Gasteiger partial charge in [0.25, 0.3) is 0 Å². The zero-order valence-corrected chi connectivity index (χ0v) is 14.1. The first-order valence-electron chi connectivity index (χ1n) is 7.29. The van der Waals surface area contributed by atoms with Gasteiger partial charge in [-0.05, 0) is 59.9 Å². The molecule has 0 spiro atoms. The summed E-state index contributed by atoms with van der Waals surface area (Å²) in [6.07, 6.45) is 3.73. The molecule has 0 heterocycles. The van der Waals surface area contributed by atoms with Crippen molar-refractivity contribution in [2.75, 3.05) is 7.11 Å². The number of rotatable bonds is 3. The number of methoxy groups -OCH3 is 1. The van der Waals surface area contributed by atoms with Gasteiger partial charge in [-0.15, -0.1) is 0 Å². The second kappa shape index (κ2) is 6.77. The van der Waals surface area contributed by atoms with Crippen molar-refractivity contribution in [1.29, 1.82) is 0 Å². The average molecular weight is 349 g/mol. The largest absolute Gasteiger partial charge is 0.496 e. The van der Waals surface area contributed by atoms with Gasteiger partial charge in [0.1, 0.15) is 11.6 Å². The van der Waals surface area contributed by atoms with Gasteiger partial charge in [0.05, 0.1) is 12.1 Å². The van der Waals surface area contributed by atoms with E-state index in [1.54, 1.807) is 13.2 Å². The second-order valence-corrected chi connectivity index (χ2v) is 6.14. The Morgan fingerprint density at radius 1 is 1.04 bits per heavy atom. The quantitative estimate of drug-likeness (QED) is 0.626. The minimum absolute atomic E-state index is 0.342. The monoisotopic (exact) mass is 348 g/mol. The third-order valence-corrected chi connectivity index (χ3v) is 4.45. The average Bonchev–Trinajstić information content (AvgIpc) is 2.55. The molecule has 0 N–H and O–H groups in total. The third kappa shape index (κ3) is 3.29. The number of benzene rings is 2. The summed E-state index contributed by atoms with van der Waals surface area (Å²) in [5.74, 6) is 0.458. The van der Waals surface area contributed by atoms with Gasteiger partial charge in [-0.1, -0.05) is 41.4 Å². The minimum atomic E-state index is -0.342. The van der Waals surface area contributed by atoms with Gasteiger partial charge in [-0.3, -0.25) is 0 Å². The van der Waals surface area contributed by atoms with Crippen LogP contribution in [0, 0.1) is 5.82 Å². The van der Waals surface area contributed by atoms with Crippen LogP contribution < -0.4 is 0 Å². The van der Waals surface area contributed by atoms with Gasteiger partial charge in [0.15, 0.2) is 0 Å². The van der Waals surface area contributed by atoms with E-state index in [-0.39, 0.29) is 5.82 Å². The zero-order valence-electron chi connectivity index (χ0n) is 12.6. The Morgan fingerprint density at radius 2 is 1.78 bits per heavy atom. The standard InChI is InChI=1S/C19H15Cl2FO/c1-23-18-4-2-3-16(15-10-9-14(22)11-17(15)21)19(18)12-5-7-13(20)8-6-12/h4-11H,2-3H2,1H3. The van der Waals surface area contributed by atoms with E-state index in [2.05, 4.69) is 6.08 Å². The number of allylic oxidation sites excluding steroid dienone is 3. The Bertz CT molecular complexity index is 792. The Labute approximate surface area is 145 Å². The summed E-state index contributed by atoms with van der Waals surface area (Å²) >= 11 is 12.3. The molecule has 4 heteroatoms. The molecule has 0 bridgehead atoms. The normalized spacial score (nSPS) is 14.7. The predicted octanol–water partition coefficient (Wildman–Crippen LogP) is 6.37. The van der Waals surface area contributed by atoms with Crippen LogP contribution in [0.3, 0.4) is 0 Å². The molecule has 0 aromatic heterocycles. The lowest BCUT2D eigenvalue weighted by atomic mass is 9.86. The minimum Gasteiger partial charge on any atom is -0.496 e.